The Morgan fingerprint density at radius 2 is 1.71 bits per heavy atom. The molecule has 4 rings (SSSR count). The number of methoxy groups -OCH3 is 1. The van der Waals surface area contributed by atoms with Gasteiger partial charge in [-0.2, -0.15) is 0 Å². The first-order chi connectivity index (χ1) is 13.7. The molecule has 140 valence electrons. The third-order valence-electron chi connectivity index (χ3n) is 4.88. The van der Waals surface area contributed by atoms with Crippen LogP contribution in [0, 0.1) is 0 Å². The van der Waals surface area contributed by atoms with Crippen molar-refractivity contribution in [3.63, 3.8) is 0 Å². The number of nitrogens with zero attached hydrogens (tertiary/aromatic N) is 2. The second-order valence-corrected chi connectivity index (χ2v) is 6.56. The number of benzene rings is 2. The molecule has 3 aromatic rings. The Bertz CT molecular complexity index is 999. The van der Waals surface area contributed by atoms with Crippen molar-refractivity contribution in [1.82, 2.24) is 9.88 Å². The summed E-state index contributed by atoms with van der Waals surface area (Å²) in [4.78, 5) is 19.0. The average molecular weight is 372 g/mol. The molecule has 0 spiro atoms. The lowest BCUT2D eigenvalue weighted by Gasteiger charge is -2.27. The summed E-state index contributed by atoms with van der Waals surface area (Å²) in [7, 11) is 1.60. The number of hydrogen-bond acceptors (Lipinski definition) is 4. The van der Waals surface area contributed by atoms with Crippen LogP contribution in [-0.2, 0) is 11.3 Å². The highest BCUT2D eigenvalue weighted by Gasteiger charge is 2.41. The highest BCUT2D eigenvalue weighted by molar-refractivity contribution is 6.05. The van der Waals surface area contributed by atoms with E-state index in [1.807, 2.05) is 72.8 Å². The van der Waals surface area contributed by atoms with E-state index in [2.05, 4.69) is 4.98 Å². The van der Waals surface area contributed by atoms with E-state index in [-0.39, 0.29) is 5.76 Å². The molecule has 5 heteroatoms. The summed E-state index contributed by atoms with van der Waals surface area (Å²) in [6, 6.07) is 22.3. The van der Waals surface area contributed by atoms with Crippen LogP contribution in [-0.4, -0.2) is 28.0 Å². The number of rotatable bonds is 5. The zero-order valence-corrected chi connectivity index (χ0v) is 15.4. The third kappa shape index (κ3) is 3.22. The lowest BCUT2D eigenvalue weighted by Crippen LogP contribution is -2.30. The summed E-state index contributed by atoms with van der Waals surface area (Å²) >= 11 is 0. The third-order valence-corrected chi connectivity index (χ3v) is 4.88. The first-order valence-electron chi connectivity index (χ1n) is 9.02. The normalized spacial score (nSPS) is 16.5. The predicted octanol–water partition coefficient (Wildman–Crippen LogP) is 4.14. The van der Waals surface area contributed by atoms with E-state index in [9.17, 15) is 9.90 Å². The van der Waals surface area contributed by atoms with Crippen molar-refractivity contribution >= 4 is 11.5 Å². The first-order valence-corrected chi connectivity index (χ1v) is 9.02. The molecule has 28 heavy (non-hydrogen) atoms. The fraction of sp³-hybridized carbons (Fsp3) is 0.130. The van der Waals surface area contributed by atoms with E-state index in [1.165, 1.54) is 0 Å². The van der Waals surface area contributed by atoms with Gasteiger partial charge in [-0.3, -0.25) is 9.78 Å². The van der Waals surface area contributed by atoms with E-state index >= 15 is 0 Å². The van der Waals surface area contributed by atoms with E-state index < -0.39 is 11.9 Å². The van der Waals surface area contributed by atoms with Gasteiger partial charge in [0.15, 0.2) is 5.76 Å². The monoisotopic (exact) mass is 372 g/mol. The van der Waals surface area contributed by atoms with Gasteiger partial charge in [-0.15, -0.1) is 0 Å². The number of amides is 1. The van der Waals surface area contributed by atoms with Gasteiger partial charge in [-0.1, -0.05) is 48.5 Å². The van der Waals surface area contributed by atoms with Crippen molar-refractivity contribution in [2.45, 2.75) is 12.6 Å². The Morgan fingerprint density at radius 3 is 2.36 bits per heavy atom. The Hall–Kier alpha value is -3.60. The highest BCUT2D eigenvalue weighted by Crippen LogP contribution is 2.43. The number of carbonyl (C=O) groups excluding carboxylic acids is 1. The topological polar surface area (TPSA) is 62.7 Å². The van der Waals surface area contributed by atoms with Crippen molar-refractivity contribution in [2.75, 3.05) is 7.11 Å². The molecular weight excluding hydrogens is 352 g/mol. The molecule has 0 saturated heterocycles. The molecule has 1 aliphatic heterocycles. The molecule has 1 aromatic heterocycles. The maximum absolute atomic E-state index is 13.0. The summed E-state index contributed by atoms with van der Waals surface area (Å²) in [6.07, 6.45) is 1.70. The molecule has 0 unspecified atom stereocenters. The van der Waals surface area contributed by atoms with Crippen LogP contribution in [0.1, 0.15) is 22.9 Å². The SMILES string of the molecule is COc1ccc(C2=C(O)C(=O)N(Cc3ccccn3)[C@H]2c2ccccc2)cc1. The van der Waals surface area contributed by atoms with Gasteiger partial charge in [0.1, 0.15) is 5.75 Å². The molecule has 0 aliphatic carbocycles. The quantitative estimate of drug-likeness (QED) is 0.731. The van der Waals surface area contributed by atoms with Crippen LogP contribution in [0.15, 0.2) is 84.8 Å². The van der Waals surface area contributed by atoms with Crippen LogP contribution in [0.3, 0.4) is 0 Å². The molecule has 2 heterocycles. The molecule has 1 atom stereocenters. The Kier molecular flexibility index (Phi) is 4.81. The van der Waals surface area contributed by atoms with Gasteiger partial charge < -0.3 is 14.7 Å². The molecule has 5 nitrogen and oxygen atoms in total. The number of hydrogen-bond donors (Lipinski definition) is 1. The average Bonchev–Trinajstić information content (AvgIpc) is 3.00. The minimum Gasteiger partial charge on any atom is -0.503 e. The zero-order chi connectivity index (χ0) is 19.5. The largest absolute Gasteiger partial charge is 0.503 e. The van der Waals surface area contributed by atoms with Gasteiger partial charge in [0.05, 0.1) is 25.4 Å². The summed E-state index contributed by atoms with van der Waals surface area (Å²) in [5, 5.41) is 10.8. The second kappa shape index (κ2) is 7.56. The fourth-order valence-corrected chi connectivity index (χ4v) is 3.53. The number of ether oxygens (including phenoxy) is 1. The Balaban J connectivity index is 1.79. The maximum Gasteiger partial charge on any atom is 0.290 e. The van der Waals surface area contributed by atoms with Gasteiger partial charge in [0.25, 0.3) is 5.91 Å². The standard InChI is InChI=1S/C23H20N2O3/c1-28-19-12-10-16(11-13-19)20-21(17-7-3-2-4-8-17)25(23(27)22(20)26)15-18-9-5-6-14-24-18/h2-14,21,26H,15H2,1H3/t21-/m0/s1. The lowest BCUT2D eigenvalue weighted by atomic mass is 9.93. The van der Waals surface area contributed by atoms with Gasteiger partial charge in [0.2, 0.25) is 0 Å². The van der Waals surface area contributed by atoms with Crippen molar-refractivity contribution in [3.05, 3.63) is 102 Å². The lowest BCUT2D eigenvalue weighted by molar-refractivity contribution is -0.130. The van der Waals surface area contributed by atoms with Crippen molar-refractivity contribution in [1.29, 1.82) is 0 Å². The molecule has 1 aliphatic rings. The molecule has 0 radical (unpaired) electrons. The molecule has 0 fully saturated rings. The maximum atomic E-state index is 13.0. The smallest absolute Gasteiger partial charge is 0.290 e. The highest BCUT2D eigenvalue weighted by atomic mass is 16.5. The van der Waals surface area contributed by atoms with E-state index in [4.69, 9.17) is 4.74 Å². The fourth-order valence-electron chi connectivity index (χ4n) is 3.53. The summed E-state index contributed by atoms with van der Waals surface area (Å²) in [5.74, 6) is 0.0926. The molecule has 0 saturated carbocycles. The van der Waals surface area contributed by atoms with E-state index in [0.29, 0.717) is 12.1 Å². The van der Waals surface area contributed by atoms with Crippen LogP contribution in [0.2, 0.25) is 0 Å². The molecular formula is C23H20N2O3. The number of aromatic nitrogens is 1. The van der Waals surface area contributed by atoms with Gasteiger partial charge in [-0.05, 0) is 35.4 Å². The second-order valence-electron chi connectivity index (χ2n) is 6.56. The van der Waals surface area contributed by atoms with Gasteiger partial charge >= 0.3 is 0 Å². The van der Waals surface area contributed by atoms with Gasteiger partial charge in [-0.25, -0.2) is 0 Å². The van der Waals surface area contributed by atoms with Crippen LogP contribution < -0.4 is 4.74 Å². The number of aliphatic hydroxyl groups excluding tert-OH is 1. The van der Waals surface area contributed by atoms with Gasteiger partial charge in [0, 0.05) is 11.8 Å². The van der Waals surface area contributed by atoms with E-state index in [0.717, 1.165) is 22.6 Å². The summed E-state index contributed by atoms with van der Waals surface area (Å²) in [6.45, 7) is 0.308. The minimum atomic E-state index is -0.399. The number of aliphatic hydroxyl groups is 1. The van der Waals surface area contributed by atoms with E-state index in [1.54, 1.807) is 18.2 Å². The predicted molar refractivity (Wildman–Crippen MR) is 107 cm³/mol. The van der Waals surface area contributed by atoms with Crippen LogP contribution in [0.5, 0.6) is 5.75 Å². The number of pyridine rings is 1. The Morgan fingerprint density at radius 1 is 1.00 bits per heavy atom. The van der Waals surface area contributed by atoms with Crippen molar-refractivity contribution < 1.29 is 14.6 Å². The van der Waals surface area contributed by atoms with Crippen molar-refractivity contribution in [2.24, 2.45) is 0 Å². The zero-order valence-electron chi connectivity index (χ0n) is 15.4. The minimum absolute atomic E-state index is 0.227. The van der Waals surface area contributed by atoms with Crippen LogP contribution in [0.25, 0.3) is 5.57 Å². The van der Waals surface area contributed by atoms with Crippen molar-refractivity contribution in [3.8, 4) is 5.75 Å². The molecule has 1 amide bonds. The molecule has 1 N–H and O–H groups in total. The Labute approximate surface area is 163 Å². The first kappa shape index (κ1) is 17.8. The summed E-state index contributed by atoms with van der Waals surface area (Å²) < 4.78 is 5.23. The molecule has 2 aromatic carbocycles. The van der Waals surface area contributed by atoms with Crippen LogP contribution >= 0.6 is 0 Å². The van der Waals surface area contributed by atoms with Crippen LogP contribution in [0.4, 0.5) is 0 Å². The summed E-state index contributed by atoms with van der Waals surface area (Å²) in [5.41, 5.74) is 3.07. The number of carbonyl (C=O) groups is 1. The molecule has 0 bridgehead atoms.